The Labute approximate surface area is 182 Å². The molecule has 3 aromatic rings. The highest BCUT2D eigenvalue weighted by atomic mass is 19.1. The Hall–Kier alpha value is -3.28. The molecule has 1 N–H and O–H groups in total. The first-order valence-electron chi connectivity index (χ1n) is 10.8. The van der Waals surface area contributed by atoms with E-state index < -0.39 is 0 Å². The predicted octanol–water partition coefficient (Wildman–Crippen LogP) is 4.25. The van der Waals surface area contributed by atoms with Crippen molar-refractivity contribution < 1.29 is 9.18 Å². The molecule has 1 amide bonds. The Kier molecular flexibility index (Phi) is 6.87. The van der Waals surface area contributed by atoms with Crippen molar-refractivity contribution in [2.45, 2.75) is 25.7 Å². The van der Waals surface area contributed by atoms with E-state index in [9.17, 15) is 9.18 Å². The molecule has 1 atom stereocenters. The Balaban J connectivity index is 1.29. The standard InChI is InChI=1S/C25H27FN4O/c26-23-12-4-10-20(15-23)22-16-28-25(29-17-22)30-14-6-11-21(18-30)24(31)27-13-5-9-19-7-2-1-3-8-19/h1-4,7-8,10,12,15-17,21H,5-6,9,11,13-14,18H2,(H,27,31)/t21-/m0/s1. The molecule has 2 aromatic carbocycles. The van der Waals surface area contributed by atoms with Crippen molar-refractivity contribution >= 4 is 11.9 Å². The minimum Gasteiger partial charge on any atom is -0.356 e. The highest BCUT2D eigenvalue weighted by Gasteiger charge is 2.26. The number of hydrogen-bond donors (Lipinski definition) is 1. The van der Waals surface area contributed by atoms with Crippen LogP contribution in [0.15, 0.2) is 67.0 Å². The first-order chi connectivity index (χ1) is 15.2. The summed E-state index contributed by atoms with van der Waals surface area (Å²) in [5.74, 6) is 0.378. The van der Waals surface area contributed by atoms with Crippen molar-refractivity contribution in [3.05, 3.63) is 78.4 Å². The zero-order valence-corrected chi connectivity index (χ0v) is 17.5. The third kappa shape index (κ3) is 5.66. The molecule has 160 valence electrons. The molecule has 0 aliphatic carbocycles. The molecule has 1 fully saturated rings. The first kappa shape index (κ1) is 21.0. The number of anilines is 1. The SMILES string of the molecule is O=C(NCCCc1ccccc1)[C@H]1CCCN(c2ncc(-c3cccc(F)c3)cn2)C1. The quantitative estimate of drug-likeness (QED) is 0.583. The number of benzene rings is 2. The highest BCUT2D eigenvalue weighted by molar-refractivity contribution is 5.79. The molecule has 0 spiro atoms. The summed E-state index contributed by atoms with van der Waals surface area (Å²) in [4.78, 5) is 23.6. The van der Waals surface area contributed by atoms with Crippen molar-refractivity contribution in [3.8, 4) is 11.1 Å². The van der Waals surface area contributed by atoms with Gasteiger partial charge >= 0.3 is 0 Å². The second-order valence-electron chi connectivity index (χ2n) is 7.95. The number of carbonyl (C=O) groups excluding carboxylic acids is 1. The monoisotopic (exact) mass is 418 g/mol. The van der Waals surface area contributed by atoms with Crippen LogP contribution in [0.25, 0.3) is 11.1 Å². The number of nitrogens with one attached hydrogen (secondary N) is 1. The molecule has 0 unspecified atom stereocenters. The van der Waals surface area contributed by atoms with Crippen molar-refractivity contribution in [1.82, 2.24) is 15.3 Å². The lowest BCUT2D eigenvalue weighted by atomic mass is 9.97. The topological polar surface area (TPSA) is 58.1 Å². The molecule has 1 aliphatic heterocycles. The molecule has 5 nitrogen and oxygen atoms in total. The van der Waals surface area contributed by atoms with Gasteiger partial charge in [-0.15, -0.1) is 0 Å². The van der Waals surface area contributed by atoms with E-state index in [0.29, 0.717) is 19.0 Å². The number of aromatic nitrogens is 2. The van der Waals surface area contributed by atoms with Crippen LogP contribution in [0.1, 0.15) is 24.8 Å². The highest BCUT2D eigenvalue weighted by Crippen LogP contribution is 2.23. The molecule has 0 radical (unpaired) electrons. The van der Waals surface area contributed by atoms with E-state index >= 15 is 0 Å². The lowest BCUT2D eigenvalue weighted by Gasteiger charge is -2.32. The molecule has 0 bridgehead atoms. The Morgan fingerprint density at radius 1 is 1.06 bits per heavy atom. The van der Waals surface area contributed by atoms with Crippen LogP contribution in [0, 0.1) is 11.7 Å². The van der Waals surface area contributed by atoms with Gasteiger partial charge in [-0.25, -0.2) is 14.4 Å². The normalized spacial score (nSPS) is 16.2. The van der Waals surface area contributed by atoms with Crippen LogP contribution in [-0.4, -0.2) is 35.5 Å². The maximum Gasteiger partial charge on any atom is 0.225 e. The van der Waals surface area contributed by atoms with Crippen LogP contribution in [-0.2, 0) is 11.2 Å². The third-order valence-electron chi connectivity index (χ3n) is 5.66. The molecule has 1 aromatic heterocycles. The average molecular weight is 419 g/mol. The van der Waals surface area contributed by atoms with E-state index in [1.165, 1.54) is 17.7 Å². The van der Waals surface area contributed by atoms with Crippen molar-refractivity contribution in [1.29, 1.82) is 0 Å². The van der Waals surface area contributed by atoms with E-state index in [4.69, 9.17) is 0 Å². The molecule has 2 heterocycles. The van der Waals surface area contributed by atoms with Gasteiger partial charge in [0.2, 0.25) is 11.9 Å². The van der Waals surface area contributed by atoms with Gasteiger partial charge in [-0.05, 0) is 48.9 Å². The third-order valence-corrected chi connectivity index (χ3v) is 5.66. The summed E-state index contributed by atoms with van der Waals surface area (Å²) in [5.41, 5.74) is 2.81. The number of carbonyl (C=O) groups is 1. The van der Waals surface area contributed by atoms with Crippen LogP contribution >= 0.6 is 0 Å². The van der Waals surface area contributed by atoms with E-state index in [1.807, 2.05) is 24.3 Å². The summed E-state index contributed by atoms with van der Waals surface area (Å²) in [7, 11) is 0. The molecule has 1 aliphatic rings. The zero-order chi connectivity index (χ0) is 21.5. The van der Waals surface area contributed by atoms with E-state index in [2.05, 4.69) is 32.3 Å². The number of nitrogens with zero attached hydrogens (tertiary/aromatic N) is 3. The van der Waals surface area contributed by atoms with Gasteiger partial charge in [-0.2, -0.15) is 0 Å². The molecule has 4 rings (SSSR count). The van der Waals surface area contributed by atoms with E-state index in [0.717, 1.165) is 43.4 Å². The van der Waals surface area contributed by atoms with Gasteiger partial charge in [0, 0.05) is 37.6 Å². The van der Waals surface area contributed by atoms with Gasteiger partial charge < -0.3 is 10.2 Å². The van der Waals surface area contributed by atoms with Gasteiger partial charge in [0.05, 0.1) is 5.92 Å². The van der Waals surface area contributed by atoms with E-state index in [1.54, 1.807) is 18.5 Å². The lowest BCUT2D eigenvalue weighted by molar-refractivity contribution is -0.125. The van der Waals surface area contributed by atoms with Crippen LogP contribution < -0.4 is 10.2 Å². The molecular formula is C25H27FN4O. The summed E-state index contributed by atoms with van der Waals surface area (Å²) in [5, 5.41) is 3.09. The summed E-state index contributed by atoms with van der Waals surface area (Å²) in [6.45, 7) is 2.13. The van der Waals surface area contributed by atoms with Gasteiger partial charge in [-0.3, -0.25) is 4.79 Å². The Morgan fingerprint density at radius 2 is 1.87 bits per heavy atom. The minimum atomic E-state index is -0.282. The number of hydrogen-bond acceptors (Lipinski definition) is 4. The summed E-state index contributed by atoms with van der Waals surface area (Å²) < 4.78 is 13.5. The van der Waals surface area contributed by atoms with Crippen LogP contribution in [0.2, 0.25) is 0 Å². The predicted molar refractivity (Wildman–Crippen MR) is 120 cm³/mol. The smallest absolute Gasteiger partial charge is 0.225 e. The fourth-order valence-electron chi connectivity index (χ4n) is 3.97. The maximum absolute atomic E-state index is 13.5. The number of rotatable bonds is 7. The van der Waals surface area contributed by atoms with Crippen LogP contribution in [0.5, 0.6) is 0 Å². The number of amides is 1. The molecule has 31 heavy (non-hydrogen) atoms. The summed E-state index contributed by atoms with van der Waals surface area (Å²) in [6.07, 6.45) is 7.12. The second-order valence-corrected chi connectivity index (χ2v) is 7.95. The Morgan fingerprint density at radius 3 is 2.65 bits per heavy atom. The fraction of sp³-hybridized carbons (Fsp3) is 0.320. The average Bonchev–Trinajstić information content (AvgIpc) is 2.82. The van der Waals surface area contributed by atoms with E-state index in [-0.39, 0.29) is 17.6 Å². The summed E-state index contributed by atoms with van der Waals surface area (Å²) >= 11 is 0. The zero-order valence-electron chi connectivity index (χ0n) is 17.5. The fourth-order valence-corrected chi connectivity index (χ4v) is 3.97. The van der Waals surface area contributed by atoms with Crippen molar-refractivity contribution in [2.75, 3.05) is 24.5 Å². The minimum absolute atomic E-state index is 0.0584. The van der Waals surface area contributed by atoms with Gasteiger partial charge in [0.25, 0.3) is 0 Å². The van der Waals surface area contributed by atoms with Crippen molar-refractivity contribution in [3.63, 3.8) is 0 Å². The Bertz CT molecular complexity index is 994. The number of aryl methyl sites for hydroxylation is 1. The number of halogens is 1. The molecule has 0 saturated carbocycles. The lowest BCUT2D eigenvalue weighted by Crippen LogP contribution is -2.44. The largest absolute Gasteiger partial charge is 0.356 e. The molecular weight excluding hydrogens is 391 g/mol. The van der Waals surface area contributed by atoms with Gasteiger partial charge in [0.1, 0.15) is 5.82 Å². The molecule has 6 heteroatoms. The van der Waals surface area contributed by atoms with Crippen molar-refractivity contribution in [2.24, 2.45) is 5.92 Å². The van der Waals surface area contributed by atoms with Crippen LogP contribution in [0.3, 0.4) is 0 Å². The number of piperidine rings is 1. The molecule has 1 saturated heterocycles. The summed E-state index contributed by atoms with van der Waals surface area (Å²) in [6, 6.07) is 16.7. The maximum atomic E-state index is 13.5. The van der Waals surface area contributed by atoms with Gasteiger partial charge in [-0.1, -0.05) is 42.5 Å². The first-order valence-corrected chi connectivity index (χ1v) is 10.8. The second kappa shape index (κ2) is 10.2. The van der Waals surface area contributed by atoms with Crippen LogP contribution in [0.4, 0.5) is 10.3 Å². The van der Waals surface area contributed by atoms with Gasteiger partial charge in [0.15, 0.2) is 0 Å².